The average molecular weight is 643 g/mol. The number of nitrogens with zero attached hydrogens (tertiary/aromatic N) is 2. The van der Waals surface area contributed by atoms with E-state index in [9.17, 15) is 0 Å². The highest BCUT2D eigenvalue weighted by Gasteiger charge is 2.23. The Labute approximate surface area is 281 Å². The van der Waals surface area contributed by atoms with Gasteiger partial charge in [0.05, 0.1) is 26.5 Å². The Morgan fingerprint density at radius 3 is 1.79 bits per heavy atom. The second-order valence-electron chi connectivity index (χ2n) is 11.5. The van der Waals surface area contributed by atoms with Gasteiger partial charge in [0, 0.05) is 43.6 Å². The first-order valence-corrected chi connectivity index (χ1v) is 16.7. The van der Waals surface area contributed by atoms with E-state index in [0.29, 0.717) is 5.02 Å². The van der Waals surface area contributed by atoms with E-state index in [0.717, 1.165) is 60.8 Å². The molecule has 0 aliphatic carbocycles. The van der Waals surface area contributed by atoms with Gasteiger partial charge in [0.25, 0.3) is 0 Å². The number of hydrogen-bond acceptors (Lipinski definition) is 4. The molecular formula is C42H27ClN2OS. The fourth-order valence-electron chi connectivity index (χ4n) is 6.65. The summed E-state index contributed by atoms with van der Waals surface area (Å²) in [4.78, 5) is 4.60. The van der Waals surface area contributed by atoms with E-state index in [1.807, 2.05) is 36.4 Å². The first-order chi connectivity index (χ1) is 23.2. The molecule has 5 heteroatoms. The third-order valence-corrected chi connectivity index (χ3v) is 10.2. The van der Waals surface area contributed by atoms with Crippen LogP contribution in [0.3, 0.4) is 0 Å². The molecule has 0 saturated carbocycles. The van der Waals surface area contributed by atoms with Crippen LogP contribution >= 0.6 is 22.9 Å². The molecular weight excluding hydrogens is 616 g/mol. The van der Waals surface area contributed by atoms with Crippen molar-refractivity contribution in [2.45, 2.75) is 0 Å². The van der Waals surface area contributed by atoms with Crippen LogP contribution in [0.25, 0.3) is 42.1 Å². The second kappa shape index (κ2) is 11.4. The van der Waals surface area contributed by atoms with E-state index >= 15 is 0 Å². The van der Waals surface area contributed by atoms with Crippen molar-refractivity contribution >= 4 is 99.2 Å². The number of thiophene rings is 1. The van der Waals surface area contributed by atoms with Crippen LogP contribution in [0.4, 0.5) is 34.1 Å². The zero-order chi connectivity index (χ0) is 31.3. The van der Waals surface area contributed by atoms with Gasteiger partial charge < -0.3 is 14.2 Å². The van der Waals surface area contributed by atoms with Crippen LogP contribution in [0, 0.1) is 0 Å². The van der Waals surface area contributed by atoms with Gasteiger partial charge in [-0.05, 0) is 78.9 Å². The van der Waals surface area contributed by atoms with E-state index in [-0.39, 0.29) is 0 Å². The third-order valence-electron chi connectivity index (χ3n) is 8.69. The summed E-state index contributed by atoms with van der Waals surface area (Å²) in [6.45, 7) is 0. The molecule has 224 valence electrons. The molecule has 0 aliphatic rings. The molecule has 0 saturated heterocycles. The Hall–Kier alpha value is -5.55. The van der Waals surface area contributed by atoms with E-state index in [2.05, 4.69) is 137 Å². The van der Waals surface area contributed by atoms with Crippen molar-refractivity contribution in [2.24, 2.45) is 0 Å². The summed E-state index contributed by atoms with van der Waals surface area (Å²) in [5, 5.41) is 5.26. The zero-order valence-electron chi connectivity index (χ0n) is 25.2. The van der Waals surface area contributed by atoms with Gasteiger partial charge in [-0.15, -0.1) is 11.3 Å². The average Bonchev–Trinajstić information content (AvgIpc) is 3.70. The van der Waals surface area contributed by atoms with Crippen molar-refractivity contribution in [3.05, 3.63) is 169 Å². The number of halogens is 1. The smallest absolute Gasteiger partial charge is 0.137 e. The largest absolute Gasteiger partial charge is 0.456 e. The monoisotopic (exact) mass is 642 g/mol. The van der Waals surface area contributed by atoms with Gasteiger partial charge in [-0.3, -0.25) is 0 Å². The van der Waals surface area contributed by atoms with E-state index < -0.39 is 0 Å². The SMILES string of the molecule is Clc1ccc2c(sc3ccc(N(c4ccccc4)c4cccc5oc6ccccc6c45)cc32)c1N(c1ccccc1)c1ccccc1. The van der Waals surface area contributed by atoms with Crippen LogP contribution in [0.1, 0.15) is 0 Å². The first kappa shape index (κ1) is 27.7. The predicted molar refractivity (Wildman–Crippen MR) is 201 cm³/mol. The van der Waals surface area contributed by atoms with Crippen LogP contribution in [0.2, 0.25) is 5.02 Å². The second-order valence-corrected chi connectivity index (χ2v) is 12.9. The molecule has 0 spiro atoms. The summed E-state index contributed by atoms with van der Waals surface area (Å²) in [7, 11) is 0. The minimum atomic E-state index is 0.710. The summed E-state index contributed by atoms with van der Waals surface area (Å²) in [6.07, 6.45) is 0. The minimum Gasteiger partial charge on any atom is -0.456 e. The summed E-state index contributed by atoms with van der Waals surface area (Å²) in [5.74, 6) is 0. The molecule has 47 heavy (non-hydrogen) atoms. The summed E-state index contributed by atoms with van der Waals surface area (Å²) in [6, 6.07) is 57.0. The molecule has 0 radical (unpaired) electrons. The van der Waals surface area contributed by atoms with Gasteiger partial charge in [0.15, 0.2) is 0 Å². The molecule has 2 heterocycles. The van der Waals surface area contributed by atoms with Gasteiger partial charge in [-0.25, -0.2) is 0 Å². The maximum absolute atomic E-state index is 7.11. The standard InChI is InChI=1S/C42H27ClN2OS/c43-35-25-24-32-34-27-31(23-26-39(34)47-42(32)41(35)45(29-15-6-2-7-16-29)30-17-8-3-9-18-30)44(28-13-4-1-5-14-28)36-20-12-22-38-40(36)33-19-10-11-21-37(33)46-38/h1-27H. The fourth-order valence-corrected chi connectivity index (χ4v) is 8.16. The van der Waals surface area contributed by atoms with Crippen LogP contribution in [-0.2, 0) is 0 Å². The van der Waals surface area contributed by atoms with Crippen LogP contribution in [0.15, 0.2) is 168 Å². The van der Waals surface area contributed by atoms with E-state index in [4.69, 9.17) is 16.0 Å². The number of furan rings is 1. The lowest BCUT2D eigenvalue weighted by Gasteiger charge is -2.27. The minimum absolute atomic E-state index is 0.710. The van der Waals surface area contributed by atoms with Gasteiger partial charge in [0.2, 0.25) is 0 Å². The summed E-state index contributed by atoms with van der Waals surface area (Å²) in [5.41, 5.74) is 8.07. The number of benzene rings is 7. The fraction of sp³-hybridized carbons (Fsp3) is 0. The van der Waals surface area contributed by atoms with Gasteiger partial charge in [-0.2, -0.15) is 0 Å². The molecule has 0 unspecified atom stereocenters. The Balaban J connectivity index is 1.28. The highest BCUT2D eigenvalue weighted by atomic mass is 35.5. The molecule has 0 N–H and O–H groups in total. The molecule has 0 fully saturated rings. The van der Waals surface area contributed by atoms with E-state index in [1.54, 1.807) is 11.3 Å². The number of hydrogen-bond donors (Lipinski definition) is 0. The van der Waals surface area contributed by atoms with Gasteiger partial charge in [0.1, 0.15) is 11.2 Å². The van der Waals surface area contributed by atoms with Crippen molar-refractivity contribution < 1.29 is 4.42 Å². The van der Waals surface area contributed by atoms with E-state index in [1.165, 1.54) is 15.5 Å². The Morgan fingerprint density at radius 2 is 1.09 bits per heavy atom. The van der Waals surface area contributed by atoms with Crippen molar-refractivity contribution in [3.8, 4) is 0 Å². The Kier molecular flexibility index (Phi) is 6.70. The Morgan fingerprint density at radius 1 is 0.468 bits per heavy atom. The lowest BCUT2D eigenvalue weighted by Crippen LogP contribution is -2.10. The zero-order valence-corrected chi connectivity index (χ0v) is 26.7. The highest BCUT2D eigenvalue weighted by Crippen LogP contribution is 2.50. The summed E-state index contributed by atoms with van der Waals surface area (Å²) < 4.78 is 8.66. The topological polar surface area (TPSA) is 19.6 Å². The number of rotatable bonds is 6. The van der Waals surface area contributed by atoms with Crippen LogP contribution in [-0.4, -0.2) is 0 Å². The number of fused-ring (bicyclic) bond motifs is 6. The molecule has 2 aromatic heterocycles. The molecule has 0 atom stereocenters. The van der Waals surface area contributed by atoms with Crippen molar-refractivity contribution in [1.29, 1.82) is 0 Å². The normalized spacial score (nSPS) is 11.5. The van der Waals surface area contributed by atoms with Crippen LogP contribution in [0.5, 0.6) is 0 Å². The number of para-hydroxylation sites is 4. The van der Waals surface area contributed by atoms with Gasteiger partial charge in [-0.1, -0.05) is 96.5 Å². The molecule has 9 rings (SSSR count). The van der Waals surface area contributed by atoms with Crippen molar-refractivity contribution in [1.82, 2.24) is 0 Å². The maximum Gasteiger partial charge on any atom is 0.137 e. The molecule has 0 amide bonds. The highest BCUT2D eigenvalue weighted by molar-refractivity contribution is 7.26. The van der Waals surface area contributed by atoms with Gasteiger partial charge >= 0.3 is 0 Å². The molecule has 0 aliphatic heterocycles. The predicted octanol–water partition coefficient (Wildman–Crippen LogP) is 13.5. The Bertz CT molecular complexity index is 2500. The quantitative estimate of drug-likeness (QED) is 0.180. The van der Waals surface area contributed by atoms with Crippen molar-refractivity contribution in [3.63, 3.8) is 0 Å². The lowest BCUT2D eigenvalue weighted by atomic mass is 10.1. The van der Waals surface area contributed by atoms with Crippen molar-refractivity contribution in [2.75, 3.05) is 9.80 Å². The first-order valence-electron chi connectivity index (χ1n) is 15.5. The molecule has 7 aromatic carbocycles. The molecule has 3 nitrogen and oxygen atoms in total. The maximum atomic E-state index is 7.11. The number of anilines is 6. The lowest BCUT2D eigenvalue weighted by molar-refractivity contribution is 0.669. The van der Waals surface area contributed by atoms with Crippen LogP contribution < -0.4 is 9.80 Å². The summed E-state index contributed by atoms with van der Waals surface area (Å²) >= 11 is 8.89. The molecule has 0 bridgehead atoms. The third kappa shape index (κ3) is 4.65. The molecule has 9 aromatic rings.